The van der Waals surface area contributed by atoms with E-state index in [1.165, 1.54) is 12.1 Å². The summed E-state index contributed by atoms with van der Waals surface area (Å²) in [6, 6.07) is 6.36. The van der Waals surface area contributed by atoms with Crippen LogP contribution in [0.25, 0.3) is 0 Å². The van der Waals surface area contributed by atoms with Gasteiger partial charge in [0, 0.05) is 12.4 Å². The molecular formula is C15H19ClN2O4. The summed E-state index contributed by atoms with van der Waals surface area (Å²) >= 11 is 5.43. The molecule has 0 unspecified atom stereocenters. The molecule has 0 bridgehead atoms. The van der Waals surface area contributed by atoms with Crippen LogP contribution in [0.3, 0.4) is 0 Å². The molecule has 2 N–H and O–H groups in total. The third-order valence-electron chi connectivity index (χ3n) is 2.71. The van der Waals surface area contributed by atoms with E-state index in [1.54, 1.807) is 12.1 Å². The maximum absolute atomic E-state index is 12.0. The van der Waals surface area contributed by atoms with Crippen molar-refractivity contribution < 1.29 is 19.1 Å². The lowest BCUT2D eigenvalue weighted by molar-refractivity contribution is -0.136. The first-order valence-electron chi connectivity index (χ1n) is 7.01. The third-order valence-corrected chi connectivity index (χ3v) is 2.90. The summed E-state index contributed by atoms with van der Waals surface area (Å²) in [6.45, 7) is 2.49. The van der Waals surface area contributed by atoms with E-state index < -0.39 is 17.8 Å². The van der Waals surface area contributed by atoms with Crippen LogP contribution < -0.4 is 10.6 Å². The van der Waals surface area contributed by atoms with Crippen molar-refractivity contribution >= 4 is 35.1 Å². The Labute approximate surface area is 134 Å². The average molecular weight is 327 g/mol. The van der Waals surface area contributed by atoms with Gasteiger partial charge in [-0.3, -0.25) is 9.59 Å². The number of hydrogen-bond acceptors (Lipinski definition) is 4. The molecule has 1 rings (SSSR count). The highest BCUT2D eigenvalue weighted by atomic mass is 35.5. The summed E-state index contributed by atoms with van der Waals surface area (Å²) in [4.78, 5) is 35.2. The normalized spacial score (nSPS) is 9.91. The summed E-state index contributed by atoms with van der Waals surface area (Å²) in [5.41, 5.74) is 0.437. The van der Waals surface area contributed by atoms with Crippen molar-refractivity contribution in [2.45, 2.75) is 19.8 Å². The topological polar surface area (TPSA) is 84.5 Å². The molecule has 6 nitrogen and oxygen atoms in total. The van der Waals surface area contributed by atoms with E-state index in [9.17, 15) is 14.4 Å². The highest BCUT2D eigenvalue weighted by Crippen LogP contribution is 2.16. The molecule has 7 heteroatoms. The summed E-state index contributed by atoms with van der Waals surface area (Å²) in [5.74, 6) is -2.00. The highest BCUT2D eigenvalue weighted by Gasteiger charge is 2.18. The van der Waals surface area contributed by atoms with Crippen LogP contribution in [0.4, 0.5) is 5.69 Å². The molecule has 1 aromatic carbocycles. The number of para-hydroxylation sites is 1. The fourth-order valence-corrected chi connectivity index (χ4v) is 1.67. The van der Waals surface area contributed by atoms with Gasteiger partial charge in [-0.25, -0.2) is 4.79 Å². The van der Waals surface area contributed by atoms with Crippen LogP contribution in [0, 0.1) is 0 Å². The van der Waals surface area contributed by atoms with Crippen LogP contribution in [-0.4, -0.2) is 36.8 Å². The second-order valence-corrected chi connectivity index (χ2v) is 4.81. The second kappa shape index (κ2) is 9.78. The van der Waals surface area contributed by atoms with E-state index in [2.05, 4.69) is 10.6 Å². The Bertz CT molecular complexity index is 534. The van der Waals surface area contributed by atoms with E-state index >= 15 is 0 Å². The number of amides is 2. The molecule has 120 valence electrons. The first kappa shape index (κ1) is 18.0. The first-order valence-corrected chi connectivity index (χ1v) is 7.54. The number of nitrogens with one attached hydrogen (secondary N) is 2. The monoisotopic (exact) mass is 326 g/mol. The SMILES string of the molecule is CCCCOC(=O)c1ccccc1NC(=O)C(=O)NCCCl. The van der Waals surface area contributed by atoms with E-state index in [-0.39, 0.29) is 23.7 Å². The van der Waals surface area contributed by atoms with Crippen molar-refractivity contribution in [3.05, 3.63) is 29.8 Å². The van der Waals surface area contributed by atoms with E-state index in [1.807, 2.05) is 6.92 Å². The lowest BCUT2D eigenvalue weighted by Gasteiger charge is -2.10. The van der Waals surface area contributed by atoms with Gasteiger partial charge in [0.15, 0.2) is 0 Å². The van der Waals surface area contributed by atoms with Crippen LogP contribution in [-0.2, 0) is 14.3 Å². The molecule has 2 amide bonds. The Hall–Kier alpha value is -2.08. The Morgan fingerprint density at radius 3 is 2.59 bits per heavy atom. The minimum atomic E-state index is -0.862. The molecule has 0 aliphatic carbocycles. The lowest BCUT2D eigenvalue weighted by atomic mass is 10.2. The second-order valence-electron chi connectivity index (χ2n) is 4.43. The number of rotatable bonds is 7. The number of alkyl halides is 1. The maximum Gasteiger partial charge on any atom is 0.340 e. The molecule has 0 aliphatic rings. The van der Waals surface area contributed by atoms with Crippen molar-refractivity contribution in [2.75, 3.05) is 24.3 Å². The van der Waals surface area contributed by atoms with Crippen LogP contribution in [0.2, 0.25) is 0 Å². The van der Waals surface area contributed by atoms with Crippen LogP contribution in [0.1, 0.15) is 30.1 Å². The number of benzene rings is 1. The van der Waals surface area contributed by atoms with E-state index in [0.29, 0.717) is 6.61 Å². The summed E-state index contributed by atoms with van der Waals surface area (Å²) in [6.07, 6.45) is 1.67. The molecule has 0 fully saturated rings. The molecule has 22 heavy (non-hydrogen) atoms. The van der Waals surface area contributed by atoms with Crippen molar-refractivity contribution in [3.8, 4) is 0 Å². The molecule has 1 aromatic rings. The van der Waals surface area contributed by atoms with Gasteiger partial charge in [-0.15, -0.1) is 11.6 Å². The maximum atomic E-state index is 12.0. The molecule has 0 aromatic heterocycles. The zero-order valence-corrected chi connectivity index (χ0v) is 13.1. The van der Waals surface area contributed by atoms with Crippen molar-refractivity contribution in [2.24, 2.45) is 0 Å². The number of esters is 1. The summed E-state index contributed by atoms with van der Waals surface area (Å²) < 4.78 is 5.11. The predicted octanol–water partition coefficient (Wildman–Crippen LogP) is 1.94. The van der Waals surface area contributed by atoms with E-state index in [4.69, 9.17) is 16.3 Å². The van der Waals surface area contributed by atoms with Gasteiger partial charge in [0.05, 0.1) is 17.9 Å². The van der Waals surface area contributed by atoms with Gasteiger partial charge in [0.2, 0.25) is 0 Å². The third kappa shape index (κ3) is 5.73. The van der Waals surface area contributed by atoms with Crippen molar-refractivity contribution in [1.82, 2.24) is 5.32 Å². The Balaban J connectivity index is 2.72. The average Bonchev–Trinajstić information content (AvgIpc) is 2.53. The molecule has 0 atom stereocenters. The molecule has 0 heterocycles. The molecule has 0 saturated heterocycles. The molecule has 0 spiro atoms. The standard InChI is InChI=1S/C15H19ClN2O4/c1-2-3-10-22-15(21)11-6-4-5-7-12(11)18-14(20)13(19)17-9-8-16/h4-7H,2-3,8-10H2,1H3,(H,17,19)(H,18,20). The fraction of sp³-hybridized carbons (Fsp3) is 0.400. The minimum Gasteiger partial charge on any atom is -0.462 e. The molecular weight excluding hydrogens is 308 g/mol. The number of anilines is 1. The number of unbranched alkanes of at least 4 members (excludes halogenated alkanes) is 1. The number of carbonyl (C=O) groups is 3. The van der Waals surface area contributed by atoms with Crippen LogP contribution >= 0.6 is 11.6 Å². The summed E-state index contributed by atoms with van der Waals surface area (Å²) in [5, 5.41) is 4.74. The number of ether oxygens (including phenoxy) is 1. The highest BCUT2D eigenvalue weighted by molar-refractivity contribution is 6.40. The molecule has 0 radical (unpaired) electrons. The number of hydrogen-bond donors (Lipinski definition) is 2. The Kier molecular flexibility index (Phi) is 7.99. The fourth-order valence-electron chi connectivity index (χ4n) is 1.58. The zero-order valence-electron chi connectivity index (χ0n) is 12.4. The molecule has 0 saturated carbocycles. The van der Waals surface area contributed by atoms with Gasteiger partial charge < -0.3 is 15.4 Å². The number of carbonyl (C=O) groups excluding carboxylic acids is 3. The van der Waals surface area contributed by atoms with Crippen molar-refractivity contribution in [1.29, 1.82) is 0 Å². The van der Waals surface area contributed by atoms with Gasteiger partial charge in [-0.05, 0) is 18.6 Å². The summed E-state index contributed by atoms with van der Waals surface area (Å²) in [7, 11) is 0. The van der Waals surface area contributed by atoms with Gasteiger partial charge in [0.25, 0.3) is 0 Å². The number of halogens is 1. The Morgan fingerprint density at radius 1 is 1.18 bits per heavy atom. The smallest absolute Gasteiger partial charge is 0.340 e. The minimum absolute atomic E-state index is 0.189. The van der Waals surface area contributed by atoms with Gasteiger partial charge in [0.1, 0.15) is 0 Å². The largest absolute Gasteiger partial charge is 0.462 e. The first-order chi connectivity index (χ1) is 10.6. The predicted molar refractivity (Wildman–Crippen MR) is 84.0 cm³/mol. The van der Waals surface area contributed by atoms with Crippen molar-refractivity contribution in [3.63, 3.8) is 0 Å². The van der Waals surface area contributed by atoms with Crippen LogP contribution in [0.15, 0.2) is 24.3 Å². The van der Waals surface area contributed by atoms with Crippen LogP contribution in [0.5, 0.6) is 0 Å². The quantitative estimate of drug-likeness (QED) is 0.347. The van der Waals surface area contributed by atoms with Gasteiger partial charge >= 0.3 is 17.8 Å². The lowest BCUT2D eigenvalue weighted by Crippen LogP contribution is -2.36. The zero-order chi connectivity index (χ0) is 16.4. The van der Waals surface area contributed by atoms with Gasteiger partial charge in [-0.2, -0.15) is 0 Å². The van der Waals surface area contributed by atoms with Gasteiger partial charge in [-0.1, -0.05) is 25.5 Å². The molecule has 0 aliphatic heterocycles. The Morgan fingerprint density at radius 2 is 1.91 bits per heavy atom. The van der Waals surface area contributed by atoms with E-state index in [0.717, 1.165) is 12.8 Å².